The molecule has 0 bridgehead atoms. The first-order chi connectivity index (χ1) is 14.5. The van der Waals surface area contributed by atoms with Crippen molar-refractivity contribution in [2.75, 3.05) is 0 Å². The molecule has 0 fully saturated rings. The average Bonchev–Trinajstić information content (AvgIpc) is 3.25. The predicted octanol–water partition coefficient (Wildman–Crippen LogP) is 5.05. The van der Waals surface area contributed by atoms with Gasteiger partial charge in [-0.3, -0.25) is 0 Å². The number of nitrogens with two attached hydrogens (primary N) is 1. The van der Waals surface area contributed by atoms with E-state index in [4.69, 9.17) is 10.2 Å². The van der Waals surface area contributed by atoms with Crippen LogP contribution in [0.15, 0.2) is 77.2 Å². The lowest BCUT2D eigenvalue weighted by atomic mass is 9.96. The summed E-state index contributed by atoms with van der Waals surface area (Å²) in [6, 6.07) is 23.9. The van der Waals surface area contributed by atoms with Crippen molar-refractivity contribution in [2.45, 2.75) is 32.4 Å². The van der Waals surface area contributed by atoms with Crippen LogP contribution in [-0.4, -0.2) is 27.4 Å². The van der Waals surface area contributed by atoms with Crippen LogP contribution >= 0.6 is 12.4 Å². The highest BCUT2D eigenvalue weighted by atomic mass is 35.5. The summed E-state index contributed by atoms with van der Waals surface area (Å²) < 4.78 is 6.00. The van der Waals surface area contributed by atoms with Crippen LogP contribution in [0.3, 0.4) is 0 Å². The summed E-state index contributed by atoms with van der Waals surface area (Å²) >= 11 is 0. The van der Waals surface area contributed by atoms with Crippen LogP contribution < -0.4 is 5.73 Å². The molecule has 0 aliphatic carbocycles. The fourth-order valence-electron chi connectivity index (χ4n) is 3.47. The van der Waals surface area contributed by atoms with Gasteiger partial charge in [-0.05, 0) is 60.7 Å². The van der Waals surface area contributed by atoms with Crippen molar-refractivity contribution in [1.82, 2.24) is 10.2 Å². The molecule has 0 saturated carbocycles. The van der Waals surface area contributed by atoms with Crippen LogP contribution in [0.25, 0.3) is 34.0 Å². The molecular weight excluding hydrogens is 410 g/mol. The molecule has 0 amide bonds. The van der Waals surface area contributed by atoms with Crippen LogP contribution in [0.1, 0.15) is 18.1 Å². The predicted molar refractivity (Wildman–Crippen MR) is 126 cm³/mol. The quantitative estimate of drug-likeness (QED) is 0.442. The Morgan fingerprint density at radius 1 is 0.839 bits per heavy atom. The fraction of sp³-hybridized carbons (Fsp3) is 0.200. The van der Waals surface area contributed by atoms with Crippen LogP contribution in [0.4, 0.5) is 0 Å². The fourth-order valence-corrected chi connectivity index (χ4v) is 3.47. The number of halogens is 1. The zero-order valence-electron chi connectivity index (χ0n) is 17.5. The highest BCUT2D eigenvalue weighted by Gasteiger charge is 2.15. The first-order valence-corrected chi connectivity index (χ1v) is 10.0. The molecule has 0 spiro atoms. The van der Waals surface area contributed by atoms with E-state index in [0.29, 0.717) is 18.2 Å². The second-order valence-electron chi connectivity index (χ2n) is 7.56. The number of hydrogen-bond acceptors (Lipinski definition) is 5. The summed E-state index contributed by atoms with van der Waals surface area (Å²) in [6.45, 7) is 3.77. The molecule has 2 unspecified atom stereocenters. The maximum atomic E-state index is 9.58. The van der Waals surface area contributed by atoms with Crippen molar-refractivity contribution in [3.8, 4) is 34.0 Å². The Bertz CT molecular complexity index is 1130. The molecule has 0 radical (unpaired) electrons. The minimum Gasteiger partial charge on any atom is -0.416 e. The van der Waals surface area contributed by atoms with Gasteiger partial charge in [0.25, 0.3) is 0 Å². The van der Waals surface area contributed by atoms with Gasteiger partial charge in [-0.15, -0.1) is 22.6 Å². The van der Waals surface area contributed by atoms with Gasteiger partial charge < -0.3 is 15.3 Å². The zero-order chi connectivity index (χ0) is 21.1. The van der Waals surface area contributed by atoms with Crippen LogP contribution in [-0.2, 0) is 6.42 Å². The third kappa shape index (κ3) is 5.02. The molecule has 0 aliphatic rings. The molecule has 4 aromatic rings. The molecule has 2 atom stereocenters. The Labute approximate surface area is 188 Å². The van der Waals surface area contributed by atoms with Gasteiger partial charge >= 0.3 is 0 Å². The Hall–Kier alpha value is -2.99. The van der Waals surface area contributed by atoms with Crippen LogP contribution in [0.5, 0.6) is 0 Å². The summed E-state index contributed by atoms with van der Waals surface area (Å²) in [6.07, 6.45) is 0.0662. The summed E-state index contributed by atoms with van der Waals surface area (Å²) in [5, 5.41) is 18.1. The highest BCUT2D eigenvalue weighted by molar-refractivity contribution is 5.85. The van der Waals surface area contributed by atoms with Gasteiger partial charge in [-0.1, -0.05) is 54.6 Å². The Morgan fingerprint density at radius 3 is 2.16 bits per heavy atom. The highest BCUT2D eigenvalue weighted by Crippen LogP contribution is 2.32. The van der Waals surface area contributed by atoms with Gasteiger partial charge in [-0.2, -0.15) is 0 Å². The standard InChI is InChI=1S/C25H25N3O2.ClH/c1-16-21(19-7-4-3-5-8-19)9-6-10-22(16)25-28-27-24(30-25)20-13-11-18(12-14-20)15-23(26)17(2)29;/h3-14,17,23,29H,15,26H2,1-2H3;1H. The molecule has 1 heterocycles. The summed E-state index contributed by atoms with van der Waals surface area (Å²) in [5.74, 6) is 0.973. The third-order valence-corrected chi connectivity index (χ3v) is 5.37. The SMILES string of the molecule is Cc1c(-c2ccccc2)cccc1-c1nnc(-c2ccc(CC(N)C(C)O)cc2)o1.Cl. The number of hydrogen-bond donors (Lipinski definition) is 2. The van der Waals surface area contributed by atoms with E-state index in [9.17, 15) is 5.11 Å². The number of nitrogens with zero attached hydrogens (tertiary/aromatic N) is 2. The van der Waals surface area contributed by atoms with Crippen molar-refractivity contribution < 1.29 is 9.52 Å². The molecular formula is C25H26ClN3O2. The van der Waals surface area contributed by atoms with E-state index in [1.165, 1.54) is 0 Å². The van der Waals surface area contributed by atoms with E-state index < -0.39 is 6.10 Å². The van der Waals surface area contributed by atoms with E-state index in [0.717, 1.165) is 33.4 Å². The van der Waals surface area contributed by atoms with E-state index in [1.807, 2.05) is 54.6 Å². The zero-order valence-corrected chi connectivity index (χ0v) is 18.3. The first kappa shape index (κ1) is 22.7. The molecule has 31 heavy (non-hydrogen) atoms. The molecule has 3 aromatic carbocycles. The van der Waals surface area contributed by atoms with Crippen molar-refractivity contribution in [3.63, 3.8) is 0 Å². The number of benzene rings is 3. The lowest BCUT2D eigenvalue weighted by Gasteiger charge is -2.14. The van der Waals surface area contributed by atoms with Gasteiger partial charge in [0.1, 0.15) is 0 Å². The van der Waals surface area contributed by atoms with Crippen LogP contribution in [0, 0.1) is 6.92 Å². The van der Waals surface area contributed by atoms with Gasteiger partial charge in [-0.25, -0.2) is 0 Å². The van der Waals surface area contributed by atoms with Crippen molar-refractivity contribution in [3.05, 3.63) is 83.9 Å². The average molecular weight is 436 g/mol. The monoisotopic (exact) mass is 435 g/mol. The lowest BCUT2D eigenvalue weighted by Crippen LogP contribution is -2.34. The summed E-state index contributed by atoms with van der Waals surface area (Å²) in [7, 11) is 0. The molecule has 0 saturated heterocycles. The van der Waals surface area contributed by atoms with E-state index in [2.05, 4.69) is 35.3 Å². The van der Waals surface area contributed by atoms with Crippen molar-refractivity contribution >= 4 is 12.4 Å². The van der Waals surface area contributed by atoms with E-state index in [-0.39, 0.29) is 18.4 Å². The number of aliphatic hydroxyl groups excluding tert-OH is 1. The maximum Gasteiger partial charge on any atom is 0.248 e. The normalized spacial score (nSPS) is 12.8. The molecule has 1 aromatic heterocycles. The summed E-state index contributed by atoms with van der Waals surface area (Å²) in [5.41, 5.74) is 12.2. The van der Waals surface area contributed by atoms with Crippen molar-refractivity contribution in [1.29, 1.82) is 0 Å². The lowest BCUT2D eigenvalue weighted by molar-refractivity contribution is 0.163. The minimum absolute atomic E-state index is 0. The van der Waals surface area contributed by atoms with E-state index >= 15 is 0 Å². The maximum absolute atomic E-state index is 9.58. The van der Waals surface area contributed by atoms with Crippen molar-refractivity contribution in [2.24, 2.45) is 5.73 Å². The molecule has 3 N–H and O–H groups in total. The van der Waals surface area contributed by atoms with E-state index in [1.54, 1.807) is 6.92 Å². The largest absolute Gasteiger partial charge is 0.416 e. The molecule has 5 nitrogen and oxygen atoms in total. The number of aromatic nitrogens is 2. The Kier molecular flexibility index (Phi) is 7.23. The molecule has 6 heteroatoms. The smallest absolute Gasteiger partial charge is 0.248 e. The number of aliphatic hydroxyl groups is 1. The topological polar surface area (TPSA) is 85.2 Å². The van der Waals surface area contributed by atoms with Gasteiger partial charge in [0.05, 0.1) is 6.10 Å². The Morgan fingerprint density at radius 2 is 1.48 bits per heavy atom. The Balaban J connectivity index is 0.00000272. The second-order valence-corrected chi connectivity index (χ2v) is 7.56. The first-order valence-electron chi connectivity index (χ1n) is 10.0. The minimum atomic E-state index is -0.543. The van der Waals surface area contributed by atoms with Gasteiger partial charge in [0.15, 0.2) is 0 Å². The molecule has 4 rings (SSSR count). The number of rotatable bonds is 6. The van der Waals surface area contributed by atoms with Crippen LogP contribution in [0.2, 0.25) is 0 Å². The molecule has 0 aliphatic heterocycles. The molecule has 160 valence electrons. The summed E-state index contributed by atoms with van der Waals surface area (Å²) in [4.78, 5) is 0. The second kappa shape index (κ2) is 9.88. The van der Waals surface area contributed by atoms with Gasteiger partial charge in [0.2, 0.25) is 11.8 Å². The third-order valence-electron chi connectivity index (χ3n) is 5.37. The van der Waals surface area contributed by atoms with Gasteiger partial charge in [0, 0.05) is 17.2 Å².